The van der Waals surface area contributed by atoms with E-state index in [9.17, 15) is 4.79 Å². The minimum absolute atomic E-state index is 0. The van der Waals surface area contributed by atoms with Gasteiger partial charge in [-0.3, -0.25) is 4.79 Å². The fraction of sp³-hybridized carbons (Fsp3) is 0.462. The van der Waals surface area contributed by atoms with Gasteiger partial charge in [0, 0.05) is 6.07 Å². The summed E-state index contributed by atoms with van der Waals surface area (Å²) < 4.78 is 10.3. The number of rotatable bonds is 6. The number of anilines is 1. The lowest BCUT2D eigenvalue weighted by molar-refractivity contribution is -0.117. The SMILES string of the molecule is CCCC(N)C(=O)Nc1cc(OC)ccc1OC.Cl. The standard InChI is InChI=1S/C13H20N2O3.ClH/c1-4-5-10(14)13(16)15-11-8-9(17-2)6-7-12(11)18-3;/h6-8,10H,4-5,14H2,1-3H3,(H,15,16);1H. The molecule has 1 aromatic carbocycles. The van der Waals surface area contributed by atoms with Crippen LogP contribution < -0.4 is 20.5 Å². The summed E-state index contributed by atoms with van der Waals surface area (Å²) in [6, 6.07) is 4.70. The van der Waals surface area contributed by atoms with Crippen molar-refractivity contribution in [2.75, 3.05) is 19.5 Å². The van der Waals surface area contributed by atoms with Crippen molar-refractivity contribution in [3.63, 3.8) is 0 Å². The molecule has 0 saturated heterocycles. The number of nitrogens with two attached hydrogens (primary N) is 1. The number of ether oxygens (including phenoxy) is 2. The molecule has 0 spiro atoms. The van der Waals surface area contributed by atoms with Crippen LogP contribution in [0.3, 0.4) is 0 Å². The van der Waals surface area contributed by atoms with Crippen LogP contribution in [0.4, 0.5) is 5.69 Å². The molecule has 19 heavy (non-hydrogen) atoms. The fourth-order valence-corrected chi connectivity index (χ4v) is 1.58. The number of hydrogen-bond acceptors (Lipinski definition) is 4. The highest BCUT2D eigenvalue weighted by atomic mass is 35.5. The first-order valence-electron chi connectivity index (χ1n) is 5.90. The van der Waals surface area contributed by atoms with Crippen molar-refractivity contribution in [3.8, 4) is 11.5 Å². The summed E-state index contributed by atoms with van der Waals surface area (Å²) in [6.45, 7) is 1.99. The van der Waals surface area contributed by atoms with E-state index in [0.29, 0.717) is 23.6 Å². The third-order valence-electron chi connectivity index (χ3n) is 2.60. The van der Waals surface area contributed by atoms with Crippen molar-refractivity contribution in [2.45, 2.75) is 25.8 Å². The highest BCUT2D eigenvalue weighted by Crippen LogP contribution is 2.28. The fourth-order valence-electron chi connectivity index (χ4n) is 1.58. The van der Waals surface area contributed by atoms with E-state index in [2.05, 4.69) is 5.32 Å². The molecule has 0 fully saturated rings. The Labute approximate surface area is 119 Å². The third kappa shape index (κ3) is 4.96. The molecule has 0 radical (unpaired) electrons. The monoisotopic (exact) mass is 288 g/mol. The van der Waals surface area contributed by atoms with Crippen LogP contribution in [0.2, 0.25) is 0 Å². The number of nitrogens with one attached hydrogen (secondary N) is 1. The van der Waals surface area contributed by atoms with Crippen LogP contribution in [-0.2, 0) is 4.79 Å². The maximum Gasteiger partial charge on any atom is 0.241 e. The molecule has 0 aliphatic heterocycles. The predicted molar refractivity (Wildman–Crippen MR) is 78.3 cm³/mol. The molecule has 0 bridgehead atoms. The van der Waals surface area contributed by atoms with Crippen molar-refractivity contribution in [2.24, 2.45) is 5.73 Å². The molecule has 1 atom stereocenters. The molecular formula is C13H21ClN2O3. The van der Waals surface area contributed by atoms with E-state index in [-0.39, 0.29) is 18.3 Å². The van der Waals surface area contributed by atoms with E-state index in [1.165, 1.54) is 0 Å². The largest absolute Gasteiger partial charge is 0.497 e. The minimum atomic E-state index is -0.508. The molecular weight excluding hydrogens is 268 g/mol. The maximum atomic E-state index is 11.8. The molecule has 0 aliphatic carbocycles. The van der Waals surface area contributed by atoms with Gasteiger partial charge in [-0.1, -0.05) is 13.3 Å². The summed E-state index contributed by atoms with van der Waals surface area (Å²) in [5.74, 6) is 1.01. The van der Waals surface area contributed by atoms with Crippen LogP contribution in [-0.4, -0.2) is 26.2 Å². The Morgan fingerprint density at radius 3 is 2.58 bits per heavy atom. The van der Waals surface area contributed by atoms with Crippen LogP contribution in [0.15, 0.2) is 18.2 Å². The average Bonchev–Trinajstić information content (AvgIpc) is 2.38. The van der Waals surface area contributed by atoms with Gasteiger partial charge in [0.25, 0.3) is 0 Å². The number of hydrogen-bond donors (Lipinski definition) is 2. The molecule has 3 N–H and O–H groups in total. The van der Waals surface area contributed by atoms with E-state index in [1.807, 2.05) is 6.92 Å². The summed E-state index contributed by atoms with van der Waals surface area (Å²) >= 11 is 0. The van der Waals surface area contributed by atoms with Crippen LogP contribution in [0.5, 0.6) is 11.5 Å². The molecule has 1 unspecified atom stereocenters. The summed E-state index contributed by atoms with van der Waals surface area (Å²) in [7, 11) is 3.11. The smallest absolute Gasteiger partial charge is 0.241 e. The lowest BCUT2D eigenvalue weighted by Crippen LogP contribution is -2.35. The Bertz CT molecular complexity index is 413. The predicted octanol–water partition coefficient (Wildman–Crippen LogP) is 2.19. The van der Waals surface area contributed by atoms with Gasteiger partial charge in [-0.15, -0.1) is 12.4 Å². The van der Waals surface area contributed by atoms with Crippen LogP contribution in [0.1, 0.15) is 19.8 Å². The normalized spacial score (nSPS) is 11.2. The molecule has 0 heterocycles. The minimum Gasteiger partial charge on any atom is -0.497 e. The van der Waals surface area contributed by atoms with Gasteiger partial charge in [-0.2, -0.15) is 0 Å². The van der Waals surface area contributed by atoms with Crippen molar-refractivity contribution >= 4 is 24.0 Å². The first kappa shape index (κ1) is 17.5. The molecule has 1 aromatic rings. The Hall–Kier alpha value is -1.46. The molecule has 0 aromatic heterocycles. The molecule has 6 heteroatoms. The Kier molecular flexibility index (Phi) is 7.95. The summed E-state index contributed by atoms with van der Waals surface area (Å²) in [5.41, 5.74) is 6.32. The number of carbonyl (C=O) groups is 1. The average molecular weight is 289 g/mol. The number of benzene rings is 1. The van der Waals surface area contributed by atoms with E-state index in [4.69, 9.17) is 15.2 Å². The second-order valence-electron chi connectivity index (χ2n) is 3.95. The van der Waals surface area contributed by atoms with Crippen LogP contribution in [0, 0.1) is 0 Å². The first-order valence-corrected chi connectivity index (χ1v) is 5.90. The second-order valence-corrected chi connectivity index (χ2v) is 3.95. The van der Waals surface area contributed by atoms with E-state index in [0.717, 1.165) is 6.42 Å². The number of halogens is 1. The lowest BCUT2D eigenvalue weighted by atomic mass is 10.1. The summed E-state index contributed by atoms with van der Waals surface area (Å²) in [5, 5.41) is 2.75. The molecule has 108 valence electrons. The zero-order valence-corrected chi connectivity index (χ0v) is 12.3. The summed E-state index contributed by atoms with van der Waals surface area (Å²) in [4.78, 5) is 11.8. The zero-order valence-electron chi connectivity index (χ0n) is 11.4. The number of methoxy groups -OCH3 is 2. The van der Waals surface area contributed by atoms with Gasteiger partial charge in [0.2, 0.25) is 5.91 Å². The van der Waals surface area contributed by atoms with E-state index in [1.54, 1.807) is 32.4 Å². The van der Waals surface area contributed by atoms with Gasteiger partial charge in [0.05, 0.1) is 25.9 Å². The van der Waals surface area contributed by atoms with Crippen LogP contribution in [0.25, 0.3) is 0 Å². The number of carbonyl (C=O) groups excluding carboxylic acids is 1. The number of amides is 1. The molecule has 1 amide bonds. The highest BCUT2D eigenvalue weighted by molar-refractivity contribution is 5.96. The van der Waals surface area contributed by atoms with Crippen molar-refractivity contribution in [1.29, 1.82) is 0 Å². The highest BCUT2D eigenvalue weighted by Gasteiger charge is 2.15. The van der Waals surface area contributed by atoms with E-state index < -0.39 is 6.04 Å². The van der Waals surface area contributed by atoms with Gasteiger partial charge >= 0.3 is 0 Å². The molecule has 0 aliphatic rings. The van der Waals surface area contributed by atoms with Crippen LogP contribution >= 0.6 is 12.4 Å². The maximum absolute atomic E-state index is 11.8. The van der Waals surface area contributed by atoms with Gasteiger partial charge < -0.3 is 20.5 Å². The Morgan fingerprint density at radius 2 is 2.05 bits per heavy atom. The quantitative estimate of drug-likeness (QED) is 0.841. The Balaban J connectivity index is 0.00000324. The van der Waals surface area contributed by atoms with Gasteiger partial charge in [-0.05, 0) is 18.6 Å². The molecule has 0 saturated carbocycles. The topological polar surface area (TPSA) is 73.6 Å². The van der Waals surface area contributed by atoms with Gasteiger partial charge in [0.15, 0.2) is 0 Å². The summed E-state index contributed by atoms with van der Waals surface area (Å²) in [6.07, 6.45) is 1.52. The van der Waals surface area contributed by atoms with Crippen molar-refractivity contribution < 1.29 is 14.3 Å². The van der Waals surface area contributed by atoms with Crippen molar-refractivity contribution in [1.82, 2.24) is 0 Å². The lowest BCUT2D eigenvalue weighted by Gasteiger charge is -2.14. The van der Waals surface area contributed by atoms with E-state index >= 15 is 0 Å². The molecule has 1 rings (SSSR count). The third-order valence-corrected chi connectivity index (χ3v) is 2.60. The first-order chi connectivity index (χ1) is 8.62. The van der Waals surface area contributed by atoms with Gasteiger partial charge in [-0.25, -0.2) is 0 Å². The van der Waals surface area contributed by atoms with Crippen molar-refractivity contribution in [3.05, 3.63) is 18.2 Å². The second kappa shape index (κ2) is 8.61. The molecule has 5 nitrogen and oxygen atoms in total. The Morgan fingerprint density at radius 1 is 1.37 bits per heavy atom. The van der Waals surface area contributed by atoms with Gasteiger partial charge in [0.1, 0.15) is 11.5 Å². The zero-order chi connectivity index (χ0) is 13.5.